The van der Waals surface area contributed by atoms with Crippen molar-refractivity contribution < 1.29 is 14.2 Å². The van der Waals surface area contributed by atoms with Crippen molar-refractivity contribution in [1.82, 2.24) is 10.6 Å². The molecule has 0 spiro atoms. The number of rotatable bonds is 11. The maximum atomic E-state index is 5.38. The number of nitrogens with zero attached hydrogens (tertiary/aromatic N) is 1. The van der Waals surface area contributed by atoms with Gasteiger partial charge >= 0.3 is 0 Å². The monoisotopic (exact) mass is 415 g/mol. The zero-order valence-corrected chi connectivity index (χ0v) is 17.2. The largest absolute Gasteiger partial charge is 0.493 e. The molecule has 6 nitrogen and oxygen atoms in total. The maximum absolute atomic E-state index is 5.38. The Labute approximate surface area is 159 Å². The minimum Gasteiger partial charge on any atom is -0.493 e. The molecule has 142 valence electrons. The van der Waals surface area contributed by atoms with Crippen molar-refractivity contribution in [1.29, 1.82) is 0 Å². The summed E-state index contributed by atoms with van der Waals surface area (Å²) in [5.41, 5.74) is 1.04. The van der Waals surface area contributed by atoms with Crippen molar-refractivity contribution in [3.05, 3.63) is 22.2 Å². The van der Waals surface area contributed by atoms with Crippen LogP contribution in [0, 0.1) is 0 Å². The molecule has 0 aliphatic heterocycles. The van der Waals surface area contributed by atoms with Gasteiger partial charge in [0.05, 0.1) is 25.2 Å². The minimum atomic E-state index is 0.549. The highest BCUT2D eigenvalue weighted by Gasteiger charge is 2.10. The molecule has 0 heterocycles. The SMILES string of the molecule is CCNC(=NCc1cc(Br)c(OC)c(OC)c1)NCCCCOCC. The first kappa shape index (κ1) is 21.6. The van der Waals surface area contributed by atoms with Gasteiger partial charge < -0.3 is 24.8 Å². The Kier molecular flexibility index (Phi) is 11.1. The van der Waals surface area contributed by atoms with Crippen molar-refractivity contribution in [3.63, 3.8) is 0 Å². The van der Waals surface area contributed by atoms with Crippen LogP contribution in [0.15, 0.2) is 21.6 Å². The Morgan fingerprint density at radius 1 is 1.12 bits per heavy atom. The lowest BCUT2D eigenvalue weighted by molar-refractivity contribution is 0.143. The Balaban J connectivity index is 2.63. The molecule has 0 aliphatic carbocycles. The minimum absolute atomic E-state index is 0.549. The van der Waals surface area contributed by atoms with E-state index in [2.05, 4.69) is 38.5 Å². The third-order valence-electron chi connectivity index (χ3n) is 3.47. The first-order valence-corrected chi connectivity index (χ1v) is 9.45. The molecule has 0 unspecified atom stereocenters. The van der Waals surface area contributed by atoms with Crippen LogP contribution in [0.25, 0.3) is 0 Å². The molecule has 1 rings (SSSR count). The van der Waals surface area contributed by atoms with Crippen LogP contribution >= 0.6 is 15.9 Å². The molecular weight excluding hydrogens is 386 g/mol. The van der Waals surface area contributed by atoms with E-state index in [4.69, 9.17) is 14.2 Å². The molecule has 0 radical (unpaired) electrons. The second-order valence-corrected chi connectivity index (χ2v) is 6.19. The quantitative estimate of drug-likeness (QED) is 0.329. The summed E-state index contributed by atoms with van der Waals surface area (Å²) >= 11 is 3.51. The van der Waals surface area contributed by atoms with E-state index in [0.717, 1.165) is 55.1 Å². The second-order valence-electron chi connectivity index (χ2n) is 5.34. The fourth-order valence-corrected chi connectivity index (χ4v) is 2.91. The number of ether oxygens (including phenoxy) is 3. The van der Waals surface area contributed by atoms with Gasteiger partial charge in [-0.15, -0.1) is 0 Å². The summed E-state index contributed by atoms with van der Waals surface area (Å²) < 4.78 is 16.9. The molecule has 7 heteroatoms. The highest BCUT2D eigenvalue weighted by Crippen LogP contribution is 2.36. The van der Waals surface area contributed by atoms with E-state index in [1.165, 1.54) is 0 Å². The van der Waals surface area contributed by atoms with E-state index in [-0.39, 0.29) is 0 Å². The summed E-state index contributed by atoms with van der Waals surface area (Å²) in [4.78, 5) is 4.64. The van der Waals surface area contributed by atoms with Crippen LogP contribution in [0.1, 0.15) is 32.3 Å². The van der Waals surface area contributed by atoms with E-state index >= 15 is 0 Å². The second kappa shape index (κ2) is 12.8. The summed E-state index contributed by atoms with van der Waals surface area (Å²) in [6, 6.07) is 3.94. The van der Waals surface area contributed by atoms with Crippen LogP contribution in [-0.4, -0.2) is 46.5 Å². The number of halogens is 1. The fraction of sp³-hybridized carbons (Fsp3) is 0.611. The number of hydrogen-bond donors (Lipinski definition) is 2. The molecule has 1 aromatic carbocycles. The molecular formula is C18H30BrN3O3. The zero-order valence-electron chi connectivity index (χ0n) is 15.7. The van der Waals surface area contributed by atoms with Gasteiger partial charge in [-0.1, -0.05) is 0 Å². The Morgan fingerprint density at radius 2 is 1.92 bits per heavy atom. The summed E-state index contributed by atoms with van der Waals surface area (Å²) in [7, 11) is 3.25. The van der Waals surface area contributed by atoms with Crippen molar-refractivity contribution in [2.75, 3.05) is 40.5 Å². The van der Waals surface area contributed by atoms with Crippen LogP contribution in [0.2, 0.25) is 0 Å². The number of benzene rings is 1. The highest BCUT2D eigenvalue weighted by molar-refractivity contribution is 9.10. The molecule has 0 aliphatic rings. The van der Waals surface area contributed by atoms with E-state index in [1.807, 2.05) is 19.1 Å². The number of nitrogens with one attached hydrogen (secondary N) is 2. The zero-order chi connectivity index (χ0) is 18.5. The lowest BCUT2D eigenvalue weighted by Crippen LogP contribution is -2.37. The summed E-state index contributed by atoms with van der Waals surface area (Å²) in [5, 5.41) is 6.61. The molecule has 2 N–H and O–H groups in total. The molecule has 25 heavy (non-hydrogen) atoms. The van der Waals surface area contributed by atoms with Gasteiger partial charge in [-0.25, -0.2) is 4.99 Å². The van der Waals surface area contributed by atoms with Crippen LogP contribution in [0.3, 0.4) is 0 Å². The smallest absolute Gasteiger partial charge is 0.191 e. The van der Waals surface area contributed by atoms with E-state index in [1.54, 1.807) is 14.2 Å². The predicted octanol–water partition coefficient (Wildman–Crippen LogP) is 3.34. The lowest BCUT2D eigenvalue weighted by Gasteiger charge is -2.13. The number of hydrogen-bond acceptors (Lipinski definition) is 4. The first-order chi connectivity index (χ1) is 12.2. The maximum Gasteiger partial charge on any atom is 0.191 e. The normalized spacial score (nSPS) is 11.3. The van der Waals surface area contributed by atoms with E-state index < -0.39 is 0 Å². The molecule has 1 aromatic rings. The first-order valence-electron chi connectivity index (χ1n) is 8.66. The van der Waals surface area contributed by atoms with Crippen molar-refractivity contribution in [3.8, 4) is 11.5 Å². The van der Waals surface area contributed by atoms with Gasteiger partial charge in [0, 0.05) is 26.3 Å². The average Bonchev–Trinajstić information content (AvgIpc) is 2.61. The van der Waals surface area contributed by atoms with Gasteiger partial charge in [0.25, 0.3) is 0 Å². The Morgan fingerprint density at radius 3 is 2.56 bits per heavy atom. The number of methoxy groups -OCH3 is 2. The van der Waals surface area contributed by atoms with Crippen LogP contribution < -0.4 is 20.1 Å². The van der Waals surface area contributed by atoms with Gasteiger partial charge in [-0.2, -0.15) is 0 Å². The molecule has 0 atom stereocenters. The average molecular weight is 416 g/mol. The summed E-state index contributed by atoms with van der Waals surface area (Å²) in [5.74, 6) is 2.19. The van der Waals surface area contributed by atoms with Gasteiger partial charge in [0.1, 0.15) is 0 Å². The highest BCUT2D eigenvalue weighted by atomic mass is 79.9. The standard InChI is InChI=1S/C18H30BrN3O3/c1-5-20-18(21-9-7-8-10-25-6-2)22-13-14-11-15(19)17(24-4)16(12-14)23-3/h11-12H,5-10,13H2,1-4H3,(H2,20,21,22). The predicted molar refractivity (Wildman–Crippen MR) is 106 cm³/mol. The van der Waals surface area contributed by atoms with Gasteiger partial charge in [0.15, 0.2) is 17.5 Å². The molecule has 0 fully saturated rings. The van der Waals surface area contributed by atoms with Crippen molar-refractivity contribution >= 4 is 21.9 Å². The Bertz CT molecular complexity index is 539. The van der Waals surface area contributed by atoms with E-state index in [0.29, 0.717) is 18.0 Å². The molecule has 0 amide bonds. The number of unbranched alkanes of at least 4 members (excludes halogenated alkanes) is 1. The Hall–Kier alpha value is -1.47. The number of aliphatic imine (C=N–C) groups is 1. The lowest BCUT2D eigenvalue weighted by atomic mass is 10.2. The van der Waals surface area contributed by atoms with Crippen molar-refractivity contribution in [2.45, 2.75) is 33.2 Å². The van der Waals surface area contributed by atoms with E-state index in [9.17, 15) is 0 Å². The van der Waals surface area contributed by atoms with Crippen molar-refractivity contribution in [2.24, 2.45) is 4.99 Å². The van der Waals surface area contributed by atoms with Gasteiger partial charge in [0.2, 0.25) is 0 Å². The molecule has 0 saturated carbocycles. The number of guanidine groups is 1. The molecule has 0 aromatic heterocycles. The molecule has 0 bridgehead atoms. The van der Waals surface area contributed by atoms with Crippen LogP contribution in [0.5, 0.6) is 11.5 Å². The van der Waals surface area contributed by atoms with Crippen LogP contribution in [-0.2, 0) is 11.3 Å². The fourth-order valence-electron chi connectivity index (χ4n) is 2.25. The van der Waals surface area contributed by atoms with Gasteiger partial charge in [-0.05, 0) is 60.3 Å². The third-order valence-corrected chi connectivity index (χ3v) is 4.06. The third kappa shape index (κ3) is 7.96. The van der Waals surface area contributed by atoms with Gasteiger partial charge in [-0.3, -0.25) is 0 Å². The molecule has 0 saturated heterocycles. The summed E-state index contributed by atoms with van der Waals surface area (Å²) in [6.07, 6.45) is 2.09. The topological polar surface area (TPSA) is 64.1 Å². The van der Waals surface area contributed by atoms with Crippen LogP contribution in [0.4, 0.5) is 0 Å². The summed E-state index contributed by atoms with van der Waals surface area (Å²) in [6.45, 7) is 7.89.